The van der Waals surface area contributed by atoms with Gasteiger partial charge in [0.25, 0.3) is 0 Å². The summed E-state index contributed by atoms with van der Waals surface area (Å²) in [6.45, 7) is 26.1. The number of halogens is 1. The first-order valence-corrected chi connectivity index (χ1v) is 18.4. The van der Waals surface area contributed by atoms with Gasteiger partial charge in [0.15, 0.2) is 0 Å². The van der Waals surface area contributed by atoms with E-state index in [1.165, 1.54) is 0 Å². The Kier molecular flexibility index (Phi) is 8.09. The average molecular weight is 522 g/mol. The van der Waals surface area contributed by atoms with Gasteiger partial charge in [-0.2, -0.15) is 0 Å². The normalized spacial score (nSPS) is 15.6. The van der Waals surface area contributed by atoms with Crippen LogP contribution in [-0.4, -0.2) is 42.6 Å². The van der Waals surface area contributed by atoms with E-state index in [1.807, 2.05) is 19.2 Å². The molecular formula is C24H46BrO3PSi. The van der Waals surface area contributed by atoms with E-state index >= 15 is 0 Å². The molecule has 0 heterocycles. The van der Waals surface area contributed by atoms with Crippen molar-refractivity contribution in [3.8, 4) is 11.5 Å². The zero-order valence-electron chi connectivity index (χ0n) is 21.4. The van der Waals surface area contributed by atoms with Crippen LogP contribution in [0.25, 0.3) is 0 Å². The molecule has 0 bridgehead atoms. The second kappa shape index (κ2) is 8.69. The number of hydrogen-bond donors (Lipinski definition) is 1. The molecule has 3 nitrogen and oxygen atoms in total. The molecular weight excluding hydrogens is 475 g/mol. The zero-order chi connectivity index (χ0) is 23.8. The maximum absolute atomic E-state index is 10.6. The summed E-state index contributed by atoms with van der Waals surface area (Å²) in [5.41, 5.74) is 0. The van der Waals surface area contributed by atoms with Crippen molar-refractivity contribution in [1.29, 1.82) is 0 Å². The summed E-state index contributed by atoms with van der Waals surface area (Å²) in [7, 11) is 0.215. The Bertz CT molecular complexity index is 703. The van der Waals surface area contributed by atoms with Crippen molar-refractivity contribution in [3.63, 3.8) is 0 Å². The first-order valence-electron chi connectivity index (χ1n) is 11.0. The van der Waals surface area contributed by atoms with Gasteiger partial charge in [0.2, 0.25) is 0 Å². The molecule has 0 spiro atoms. The van der Waals surface area contributed by atoms with E-state index in [1.54, 1.807) is 6.07 Å². The molecule has 6 heteroatoms. The molecule has 0 saturated carbocycles. The van der Waals surface area contributed by atoms with Gasteiger partial charge in [0.1, 0.15) is 0 Å². The van der Waals surface area contributed by atoms with Gasteiger partial charge in [0.05, 0.1) is 0 Å². The molecule has 0 aromatic heterocycles. The molecule has 30 heavy (non-hydrogen) atoms. The minimum absolute atomic E-state index is 0.0705. The Morgan fingerprint density at radius 3 is 1.80 bits per heavy atom. The Morgan fingerprint density at radius 2 is 1.40 bits per heavy atom. The molecule has 1 rings (SSSR count). The van der Waals surface area contributed by atoms with Crippen LogP contribution in [0.4, 0.5) is 0 Å². The summed E-state index contributed by atoms with van der Waals surface area (Å²) < 4.78 is 12.1. The molecule has 1 aromatic rings. The summed E-state index contributed by atoms with van der Waals surface area (Å²) in [4.78, 5) is 0. The number of hydrogen-bond acceptors (Lipinski definition) is 3. The van der Waals surface area contributed by atoms with Gasteiger partial charge < -0.3 is 0 Å². The fourth-order valence-corrected chi connectivity index (χ4v) is 17.0. The van der Waals surface area contributed by atoms with Crippen molar-refractivity contribution < 1.29 is 14.3 Å². The van der Waals surface area contributed by atoms with Crippen molar-refractivity contribution in [2.75, 3.05) is 13.7 Å². The van der Waals surface area contributed by atoms with Crippen LogP contribution in [0, 0.1) is 0 Å². The third kappa shape index (κ3) is 4.38. The molecule has 0 aliphatic heterocycles. The van der Waals surface area contributed by atoms with Gasteiger partial charge in [-0.1, -0.05) is 0 Å². The van der Waals surface area contributed by atoms with Crippen molar-refractivity contribution in [2.24, 2.45) is 0 Å². The molecule has 176 valence electrons. The summed E-state index contributed by atoms with van der Waals surface area (Å²) in [6, 6.07) is 6.72. The molecule has 0 saturated heterocycles. The van der Waals surface area contributed by atoms with Crippen LogP contribution in [-0.2, 0) is 4.43 Å². The number of ether oxygens (including phenoxy) is 1. The second-order valence-corrected chi connectivity index (χ2v) is 27.3. The summed E-state index contributed by atoms with van der Waals surface area (Å²) in [5, 5.41) is 8.52. The van der Waals surface area contributed by atoms with E-state index in [0.29, 0.717) is 6.61 Å². The Labute approximate surface area is 195 Å². The predicted octanol–water partition coefficient (Wildman–Crippen LogP) is 7.90. The first kappa shape index (κ1) is 27.9. The zero-order valence-corrected chi connectivity index (χ0v) is 24.9. The van der Waals surface area contributed by atoms with Crippen LogP contribution in [0.5, 0.6) is 11.5 Å². The van der Waals surface area contributed by atoms with Gasteiger partial charge in [-0.3, -0.25) is 0 Å². The van der Waals surface area contributed by atoms with Crippen molar-refractivity contribution in [3.05, 3.63) is 18.2 Å². The fraction of sp³-hybridized carbons (Fsp3) is 0.750. The predicted molar refractivity (Wildman–Crippen MR) is 142 cm³/mol. The minimum atomic E-state index is -2.97. The van der Waals surface area contributed by atoms with E-state index < -0.39 is 13.6 Å². The monoisotopic (exact) mass is 520 g/mol. The maximum atomic E-state index is 10.6. The molecule has 0 aliphatic rings. The van der Waals surface area contributed by atoms with Gasteiger partial charge in [-0.25, -0.2) is 0 Å². The quantitative estimate of drug-likeness (QED) is 0.225. The van der Waals surface area contributed by atoms with Gasteiger partial charge in [-0.15, -0.1) is 0 Å². The number of phenolic OH excluding ortho intramolecular Hbond substituents is 1. The van der Waals surface area contributed by atoms with Crippen LogP contribution in [0.15, 0.2) is 18.2 Å². The molecule has 0 radical (unpaired) electrons. The van der Waals surface area contributed by atoms with Gasteiger partial charge in [-0.05, 0) is 0 Å². The van der Waals surface area contributed by atoms with E-state index in [-0.39, 0.29) is 21.2 Å². The number of benzene rings is 1. The standard InChI is InChI=1S/C24H46BrO3PSi/c1-22(2,3)29(25,23(4,5)6,24(7,8)9)21-18-19(26)14-15-20(21)28-16-13-17-30(11,12)27-10/h14-15,18,26H,13,16-17H2,1-12H3. The molecule has 1 N–H and O–H groups in total. The average Bonchev–Trinajstić information content (AvgIpc) is 2.55. The van der Waals surface area contributed by atoms with E-state index in [4.69, 9.17) is 9.16 Å². The molecule has 0 amide bonds. The van der Waals surface area contributed by atoms with Crippen LogP contribution < -0.4 is 10.0 Å². The van der Waals surface area contributed by atoms with Crippen molar-refractivity contribution in [2.45, 2.75) is 103 Å². The van der Waals surface area contributed by atoms with Crippen LogP contribution in [0.2, 0.25) is 19.1 Å². The van der Waals surface area contributed by atoms with Crippen LogP contribution >= 0.6 is 20.8 Å². The molecule has 0 fully saturated rings. The third-order valence-electron chi connectivity index (χ3n) is 6.91. The SMILES string of the molecule is CO[Si](C)(C)CCCOc1ccc(O)cc1P(Br)(C(C)(C)C)(C(C)(C)C)C(C)(C)C. The molecule has 0 atom stereocenters. The summed E-state index contributed by atoms with van der Waals surface area (Å²) >= 11 is 4.53. The third-order valence-corrected chi connectivity index (χ3v) is 29.1. The number of rotatable bonds is 7. The Hall–Kier alpha value is -0.0931. The van der Waals surface area contributed by atoms with Crippen LogP contribution in [0.3, 0.4) is 0 Å². The van der Waals surface area contributed by atoms with Gasteiger partial charge >= 0.3 is 195 Å². The number of aromatic hydroxyl groups is 1. The second-order valence-electron chi connectivity index (χ2n) is 12.1. The molecule has 1 aromatic carbocycles. The Balaban J connectivity index is 3.67. The fourth-order valence-electron chi connectivity index (χ4n) is 5.84. The topological polar surface area (TPSA) is 38.7 Å². The molecule has 0 aliphatic carbocycles. The van der Waals surface area contributed by atoms with E-state index in [0.717, 1.165) is 23.5 Å². The Morgan fingerprint density at radius 1 is 0.933 bits per heavy atom. The van der Waals surface area contributed by atoms with E-state index in [9.17, 15) is 5.11 Å². The van der Waals surface area contributed by atoms with E-state index in [2.05, 4.69) is 90.9 Å². The summed E-state index contributed by atoms with van der Waals surface area (Å²) in [6.07, 6.45) is 0.964. The van der Waals surface area contributed by atoms with Crippen molar-refractivity contribution >= 4 is 34.4 Å². The first-order chi connectivity index (χ1) is 13.2. The number of phenols is 1. The van der Waals surface area contributed by atoms with Crippen LogP contribution in [0.1, 0.15) is 68.7 Å². The molecule has 0 unspecified atom stereocenters. The van der Waals surface area contributed by atoms with Gasteiger partial charge in [0, 0.05) is 0 Å². The van der Waals surface area contributed by atoms with Crippen molar-refractivity contribution in [1.82, 2.24) is 0 Å². The summed E-state index contributed by atoms with van der Waals surface area (Å²) in [5.74, 6) is 1.18.